The minimum atomic E-state index is 0.387. The van der Waals surface area contributed by atoms with Crippen LogP contribution in [0.1, 0.15) is 19.3 Å². The van der Waals surface area contributed by atoms with Gasteiger partial charge in [0.15, 0.2) is 5.13 Å². The Morgan fingerprint density at radius 3 is 3.31 bits per heavy atom. The molecule has 1 saturated heterocycles. The molecule has 1 aliphatic heterocycles. The first-order valence-corrected chi connectivity index (χ1v) is 5.58. The van der Waals surface area contributed by atoms with Crippen LogP contribution in [0.2, 0.25) is 0 Å². The number of aromatic nitrogens is 1. The van der Waals surface area contributed by atoms with E-state index in [2.05, 4.69) is 10.3 Å². The van der Waals surface area contributed by atoms with E-state index in [-0.39, 0.29) is 0 Å². The molecule has 1 N–H and O–H groups in total. The van der Waals surface area contributed by atoms with Crippen molar-refractivity contribution in [3.8, 4) is 0 Å². The van der Waals surface area contributed by atoms with Gasteiger partial charge in [0.05, 0.1) is 6.10 Å². The van der Waals surface area contributed by atoms with Crippen molar-refractivity contribution in [2.24, 2.45) is 0 Å². The van der Waals surface area contributed by atoms with Crippen molar-refractivity contribution in [2.45, 2.75) is 25.4 Å². The highest BCUT2D eigenvalue weighted by molar-refractivity contribution is 7.13. The second kappa shape index (κ2) is 4.58. The number of thiazole rings is 1. The number of hydrogen-bond donors (Lipinski definition) is 1. The van der Waals surface area contributed by atoms with Crippen LogP contribution < -0.4 is 5.32 Å². The molecule has 0 amide bonds. The largest absolute Gasteiger partial charge is 0.376 e. The normalized spacial score (nSPS) is 22.9. The van der Waals surface area contributed by atoms with Crippen molar-refractivity contribution >= 4 is 16.5 Å². The minimum Gasteiger partial charge on any atom is -0.376 e. The quantitative estimate of drug-likeness (QED) is 0.807. The predicted octanol–water partition coefficient (Wildman–Crippen LogP) is 2.12. The SMILES string of the molecule is c1csc(NCC2CCCCO2)n1. The number of ether oxygens (including phenoxy) is 1. The molecule has 2 rings (SSSR count). The third kappa shape index (κ3) is 2.67. The highest BCUT2D eigenvalue weighted by Gasteiger charge is 2.13. The molecule has 13 heavy (non-hydrogen) atoms. The van der Waals surface area contributed by atoms with Gasteiger partial charge in [-0.1, -0.05) is 0 Å². The molecule has 0 aromatic carbocycles. The highest BCUT2D eigenvalue weighted by atomic mass is 32.1. The number of rotatable bonds is 3. The summed E-state index contributed by atoms with van der Waals surface area (Å²) < 4.78 is 5.59. The Bertz CT molecular complexity index is 232. The lowest BCUT2D eigenvalue weighted by molar-refractivity contribution is 0.0247. The second-order valence-corrected chi connectivity index (χ2v) is 4.10. The standard InChI is InChI=1S/C9H14N2OS/c1-2-5-12-8(3-1)7-11-9-10-4-6-13-9/h4,6,8H,1-3,5,7H2,(H,10,11). The number of hydrogen-bond acceptors (Lipinski definition) is 4. The van der Waals surface area contributed by atoms with Crippen LogP contribution in [-0.4, -0.2) is 24.2 Å². The van der Waals surface area contributed by atoms with E-state index in [9.17, 15) is 0 Å². The number of nitrogens with one attached hydrogen (secondary N) is 1. The Kier molecular flexibility index (Phi) is 3.16. The number of anilines is 1. The van der Waals surface area contributed by atoms with Crippen molar-refractivity contribution in [3.05, 3.63) is 11.6 Å². The third-order valence-corrected chi connectivity index (χ3v) is 2.92. The molecule has 4 heteroatoms. The maximum Gasteiger partial charge on any atom is 0.182 e. The van der Waals surface area contributed by atoms with E-state index < -0.39 is 0 Å². The molecule has 1 aromatic rings. The fourth-order valence-electron chi connectivity index (χ4n) is 1.48. The van der Waals surface area contributed by atoms with Gasteiger partial charge in [-0.2, -0.15) is 0 Å². The van der Waals surface area contributed by atoms with Gasteiger partial charge in [0, 0.05) is 24.7 Å². The fraction of sp³-hybridized carbons (Fsp3) is 0.667. The maximum absolute atomic E-state index is 5.59. The van der Waals surface area contributed by atoms with Crippen molar-refractivity contribution in [1.82, 2.24) is 4.98 Å². The molecule has 72 valence electrons. The van der Waals surface area contributed by atoms with Crippen molar-refractivity contribution < 1.29 is 4.74 Å². The second-order valence-electron chi connectivity index (χ2n) is 3.21. The van der Waals surface area contributed by atoms with Crippen molar-refractivity contribution in [2.75, 3.05) is 18.5 Å². The van der Waals surface area contributed by atoms with Gasteiger partial charge in [-0.05, 0) is 19.3 Å². The number of nitrogens with zero attached hydrogens (tertiary/aromatic N) is 1. The van der Waals surface area contributed by atoms with Gasteiger partial charge in [-0.15, -0.1) is 11.3 Å². The van der Waals surface area contributed by atoms with Gasteiger partial charge < -0.3 is 10.1 Å². The summed E-state index contributed by atoms with van der Waals surface area (Å²) in [5.74, 6) is 0. The van der Waals surface area contributed by atoms with Crippen molar-refractivity contribution in [3.63, 3.8) is 0 Å². The molecule has 0 radical (unpaired) electrons. The van der Waals surface area contributed by atoms with Crippen LogP contribution in [-0.2, 0) is 4.74 Å². The van der Waals surface area contributed by atoms with Gasteiger partial charge >= 0.3 is 0 Å². The van der Waals surface area contributed by atoms with Crippen LogP contribution >= 0.6 is 11.3 Å². The monoisotopic (exact) mass is 198 g/mol. The zero-order chi connectivity index (χ0) is 8.93. The molecular formula is C9H14N2OS. The van der Waals surface area contributed by atoms with Crippen LogP contribution in [0.4, 0.5) is 5.13 Å². The molecule has 2 heterocycles. The zero-order valence-electron chi connectivity index (χ0n) is 7.53. The third-order valence-electron chi connectivity index (χ3n) is 2.19. The Balaban J connectivity index is 1.72. The summed E-state index contributed by atoms with van der Waals surface area (Å²) in [4.78, 5) is 4.15. The smallest absolute Gasteiger partial charge is 0.182 e. The molecule has 0 spiro atoms. The minimum absolute atomic E-state index is 0.387. The van der Waals surface area contributed by atoms with E-state index in [0.29, 0.717) is 6.10 Å². The maximum atomic E-state index is 5.59. The molecule has 1 atom stereocenters. The Hall–Kier alpha value is -0.610. The summed E-state index contributed by atoms with van der Waals surface area (Å²) in [5.41, 5.74) is 0. The molecule has 0 aliphatic carbocycles. The summed E-state index contributed by atoms with van der Waals surface area (Å²) in [6.45, 7) is 1.82. The van der Waals surface area contributed by atoms with E-state index in [4.69, 9.17) is 4.74 Å². The van der Waals surface area contributed by atoms with Gasteiger partial charge in [-0.3, -0.25) is 0 Å². The molecule has 0 saturated carbocycles. The zero-order valence-corrected chi connectivity index (χ0v) is 8.35. The molecule has 1 fully saturated rings. The van der Waals surface area contributed by atoms with Crippen molar-refractivity contribution in [1.29, 1.82) is 0 Å². The first kappa shape index (κ1) is 8.97. The lowest BCUT2D eigenvalue weighted by Gasteiger charge is -2.22. The molecule has 1 aromatic heterocycles. The Labute approximate surface area is 82.1 Å². The first-order valence-electron chi connectivity index (χ1n) is 4.70. The highest BCUT2D eigenvalue weighted by Crippen LogP contribution is 2.15. The Morgan fingerprint density at radius 2 is 2.62 bits per heavy atom. The lowest BCUT2D eigenvalue weighted by Crippen LogP contribution is -2.26. The fourth-order valence-corrected chi connectivity index (χ4v) is 2.02. The van der Waals surface area contributed by atoms with E-state index in [1.165, 1.54) is 19.3 Å². The lowest BCUT2D eigenvalue weighted by atomic mass is 10.1. The van der Waals surface area contributed by atoms with E-state index in [1.807, 2.05) is 11.6 Å². The average Bonchev–Trinajstić information content (AvgIpc) is 2.69. The van der Waals surface area contributed by atoms with Gasteiger partial charge in [0.1, 0.15) is 0 Å². The summed E-state index contributed by atoms with van der Waals surface area (Å²) >= 11 is 1.63. The van der Waals surface area contributed by atoms with E-state index in [0.717, 1.165) is 18.3 Å². The molecule has 0 bridgehead atoms. The van der Waals surface area contributed by atoms with Crippen LogP contribution in [0.25, 0.3) is 0 Å². The van der Waals surface area contributed by atoms with Crippen LogP contribution in [0.15, 0.2) is 11.6 Å². The summed E-state index contributed by atoms with van der Waals surface area (Å²) in [6, 6.07) is 0. The van der Waals surface area contributed by atoms with E-state index >= 15 is 0 Å². The molecule has 1 aliphatic rings. The van der Waals surface area contributed by atoms with Crippen LogP contribution in [0, 0.1) is 0 Å². The molecule has 1 unspecified atom stereocenters. The molecular weight excluding hydrogens is 184 g/mol. The van der Waals surface area contributed by atoms with Gasteiger partial charge in [-0.25, -0.2) is 4.98 Å². The topological polar surface area (TPSA) is 34.1 Å². The summed E-state index contributed by atoms with van der Waals surface area (Å²) in [7, 11) is 0. The van der Waals surface area contributed by atoms with E-state index in [1.54, 1.807) is 11.3 Å². The predicted molar refractivity (Wildman–Crippen MR) is 54.2 cm³/mol. The Morgan fingerprint density at radius 1 is 1.62 bits per heavy atom. The summed E-state index contributed by atoms with van der Waals surface area (Å²) in [6.07, 6.45) is 5.89. The first-order chi connectivity index (χ1) is 6.45. The van der Waals surface area contributed by atoms with Crippen LogP contribution in [0.5, 0.6) is 0 Å². The molecule has 3 nitrogen and oxygen atoms in total. The van der Waals surface area contributed by atoms with Crippen LogP contribution in [0.3, 0.4) is 0 Å². The van der Waals surface area contributed by atoms with Gasteiger partial charge in [0.2, 0.25) is 0 Å². The summed E-state index contributed by atoms with van der Waals surface area (Å²) in [5, 5.41) is 6.25. The van der Waals surface area contributed by atoms with Gasteiger partial charge in [0.25, 0.3) is 0 Å². The average molecular weight is 198 g/mol.